The molecule has 4 heteroatoms. The van der Waals surface area contributed by atoms with Crippen LogP contribution in [0.1, 0.15) is 37.5 Å². The van der Waals surface area contributed by atoms with Crippen molar-refractivity contribution in [2.45, 2.75) is 45.3 Å². The van der Waals surface area contributed by atoms with E-state index in [0.29, 0.717) is 12.7 Å². The first-order chi connectivity index (χ1) is 10.4. The van der Waals surface area contributed by atoms with E-state index in [9.17, 15) is 4.79 Å². The average molecular weight is 302 g/mol. The van der Waals surface area contributed by atoms with Gasteiger partial charge in [-0.25, -0.2) is 4.79 Å². The Labute approximate surface area is 131 Å². The maximum absolute atomic E-state index is 11.9. The molecule has 4 nitrogen and oxygen atoms in total. The smallest absolute Gasteiger partial charge is 0.331 e. The number of carbonyl (C=O) groups excluding carboxylic acids is 1. The third-order valence-corrected chi connectivity index (χ3v) is 3.66. The van der Waals surface area contributed by atoms with Crippen LogP contribution in [0.15, 0.2) is 18.2 Å². The lowest BCUT2D eigenvalue weighted by Gasteiger charge is -2.18. The molecule has 0 aliphatic carbocycles. The summed E-state index contributed by atoms with van der Waals surface area (Å²) < 4.78 is 16.3. The van der Waals surface area contributed by atoms with Gasteiger partial charge in [-0.15, -0.1) is 0 Å². The number of carbonyl (C=O) groups is 1. The molecule has 1 unspecified atom stereocenters. The van der Waals surface area contributed by atoms with E-state index in [2.05, 4.69) is 6.07 Å². The molecule has 0 aromatic heterocycles. The first-order valence-corrected chi connectivity index (χ1v) is 7.72. The number of ether oxygens (including phenoxy) is 3. The fourth-order valence-corrected chi connectivity index (χ4v) is 2.65. The lowest BCUT2D eigenvalue weighted by Crippen LogP contribution is -2.22. The summed E-state index contributed by atoms with van der Waals surface area (Å²) in [7, 11) is 0. The zero-order valence-corrected chi connectivity index (χ0v) is 13.3. The van der Waals surface area contributed by atoms with E-state index in [4.69, 9.17) is 14.2 Å². The minimum Gasteiger partial charge on any atom is -0.493 e. The summed E-state index contributed by atoms with van der Waals surface area (Å²) in [5.74, 6) is 0.599. The second-order valence-electron chi connectivity index (χ2n) is 6.74. The molecule has 2 aliphatic rings. The lowest BCUT2D eigenvalue weighted by atomic mass is 9.95. The molecular formula is C18H22O4. The normalized spacial score (nSPS) is 19.9. The van der Waals surface area contributed by atoms with Gasteiger partial charge in [0.1, 0.15) is 11.4 Å². The van der Waals surface area contributed by atoms with Gasteiger partial charge in [0.25, 0.3) is 0 Å². The monoisotopic (exact) mass is 302 g/mol. The Morgan fingerprint density at radius 3 is 2.86 bits per heavy atom. The highest BCUT2D eigenvalue weighted by Gasteiger charge is 2.26. The summed E-state index contributed by atoms with van der Waals surface area (Å²) in [6, 6.07) is 4.09. The Balaban J connectivity index is 1.84. The van der Waals surface area contributed by atoms with E-state index >= 15 is 0 Å². The predicted molar refractivity (Wildman–Crippen MR) is 84.0 cm³/mol. The highest BCUT2D eigenvalue weighted by atomic mass is 16.6. The molecule has 1 aromatic carbocycles. The number of hydrogen-bond acceptors (Lipinski definition) is 4. The molecule has 0 spiro atoms. The van der Waals surface area contributed by atoms with Crippen LogP contribution in [-0.4, -0.2) is 30.9 Å². The van der Waals surface area contributed by atoms with Crippen molar-refractivity contribution in [3.63, 3.8) is 0 Å². The Bertz CT molecular complexity index is 606. The SMILES string of the molecule is CC(C)(C)OC(=O)/C=C/c1c(CC2CO2)ccc2c1CCO2. The molecule has 2 heterocycles. The van der Waals surface area contributed by atoms with E-state index in [-0.39, 0.29) is 5.97 Å². The Kier molecular flexibility index (Phi) is 3.96. The molecule has 1 atom stereocenters. The molecule has 2 aliphatic heterocycles. The second-order valence-corrected chi connectivity index (χ2v) is 6.74. The number of hydrogen-bond donors (Lipinski definition) is 0. The van der Waals surface area contributed by atoms with Gasteiger partial charge in [0.15, 0.2) is 0 Å². The molecule has 1 saturated heterocycles. The van der Waals surface area contributed by atoms with Gasteiger partial charge in [0, 0.05) is 24.5 Å². The van der Waals surface area contributed by atoms with Crippen LogP contribution in [0.4, 0.5) is 0 Å². The predicted octanol–water partition coefficient (Wildman–Crippen LogP) is 2.92. The van der Waals surface area contributed by atoms with Crippen LogP contribution in [0.25, 0.3) is 6.08 Å². The van der Waals surface area contributed by atoms with E-state index in [1.165, 1.54) is 17.2 Å². The molecule has 118 valence electrons. The molecule has 1 aromatic rings. The number of rotatable bonds is 4. The summed E-state index contributed by atoms with van der Waals surface area (Å²) in [5.41, 5.74) is 2.98. The molecule has 1 fully saturated rings. The third kappa shape index (κ3) is 3.69. The van der Waals surface area contributed by atoms with Crippen molar-refractivity contribution in [2.75, 3.05) is 13.2 Å². The van der Waals surface area contributed by atoms with Crippen LogP contribution in [0.2, 0.25) is 0 Å². The van der Waals surface area contributed by atoms with Crippen LogP contribution < -0.4 is 4.74 Å². The molecule has 0 bridgehead atoms. The summed E-state index contributed by atoms with van der Waals surface area (Å²) in [6.07, 6.45) is 5.44. The standard InChI is InChI=1S/C18H22O4/c1-18(2,3)22-17(19)7-5-14-12(10-13-11-21-13)4-6-16-15(14)8-9-20-16/h4-7,13H,8-11H2,1-3H3/b7-5+. The van der Waals surface area contributed by atoms with Crippen LogP contribution in [0.3, 0.4) is 0 Å². The zero-order valence-electron chi connectivity index (χ0n) is 13.3. The van der Waals surface area contributed by atoms with Crippen molar-refractivity contribution < 1.29 is 19.0 Å². The molecule has 0 radical (unpaired) electrons. The van der Waals surface area contributed by atoms with Crippen molar-refractivity contribution in [1.29, 1.82) is 0 Å². The maximum atomic E-state index is 11.9. The Morgan fingerprint density at radius 1 is 1.41 bits per heavy atom. The molecule has 0 saturated carbocycles. The third-order valence-electron chi connectivity index (χ3n) is 3.66. The van der Waals surface area contributed by atoms with Crippen LogP contribution in [-0.2, 0) is 27.1 Å². The van der Waals surface area contributed by atoms with Gasteiger partial charge in [0.05, 0.1) is 19.3 Å². The summed E-state index contributed by atoms with van der Waals surface area (Å²) in [4.78, 5) is 11.9. The number of fused-ring (bicyclic) bond motifs is 1. The van der Waals surface area contributed by atoms with Crippen LogP contribution >= 0.6 is 0 Å². The fourth-order valence-electron chi connectivity index (χ4n) is 2.65. The van der Waals surface area contributed by atoms with Crippen LogP contribution in [0.5, 0.6) is 5.75 Å². The van der Waals surface area contributed by atoms with E-state index in [1.54, 1.807) is 0 Å². The van der Waals surface area contributed by atoms with E-state index < -0.39 is 5.60 Å². The molecule has 22 heavy (non-hydrogen) atoms. The van der Waals surface area contributed by atoms with Gasteiger partial charge >= 0.3 is 5.97 Å². The minimum absolute atomic E-state index is 0.314. The second kappa shape index (κ2) is 5.76. The van der Waals surface area contributed by atoms with E-state index in [0.717, 1.165) is 30.8 Å². The molecule has 3 rings (SSSR count). The Hall–Kier alpha value is -1.81. The van der Waals surface area contributed by atoms with Crippen molar-refractivity contribution >= 4 is 12.0 Å². The van der Waals surface area contributed by atoms with Crippen molar-refractivity contribution in [2.24, 2.45) is 0 Å². The van der Waals surface area contributed by atoms with Crippen LogP contribution in [0, 0.1) is 0 Å². The van der Waals surface area contributed by atoms with Gasteiger partial charge < -0.3 is 14.2 Å². The topological polar surface area (TPSA) is 48.1 Å². The number of esters is 1. The van der Waals surface area contributed by atoms with Gasteiger partial charge in [-0.05, 0) is 44.0 Å². The highest BCUT2D eigenvalue weighted by molar-refractivity contribution is 5.88. The first-order valence-electron chi connectivity index (χ1n) is 7.72. The van der Waals surface area contributed by atoms with Crippen molar-refractivity contribution in [1.82, 2.24) is 0 Å². The Morgan fingerprint density at radius 2 is 2.18 bits per heavy atom. The van der Waals surface area contributed by atoms with Gasteiger partial charge in [-0.1, -0.05) is 6.07 Å². The maximum Gasteiger partial charge on any atom is 0.331 e. The fraction of sp³-hybridized carbons (Fsp3) is 0.500. The van der Waals surface area contributed by atoms with Crippen molar-refractivity contribution in [3.8, 4) is 5.75 Å². The molecular weight excluding hydrogens is 280 g/mol. The largest absolute Gasteiger partial charge is 0.493 e. The van der Waals surface area contributed by atoms with Gasteiger partial charge in [-0.2, -0.15) is 0 Å². The summed E-state index contributed by atoms with van der Waals surface area (Å²) >= 11 is 0. The van der Waals surface area contributed by atoms with Crippen molar-refractivity contribution in [3.05, 3.63) is 34.9 Å². The summed E-state index contributed by atoms with van der Waals surface area (Å²) in [5, 5.41) is 0. The number of epoxide rings is 1. The minimum atomic E-state index is -0.478. The quantitative estimate of drug-likeness (QED) is 0.487. The average Bonchev–Trinajstić information content (AvgIpc) is 3.10. The van der Waals surface area contributed by atoms with Gasteiger partial charge in [0.2, 0.25) is 0 Å². The molecule has 0 amide bonds. The number of benzene rings is 1. The van der Waals surface area contributed by atoms with Gasteiger partial charge in [-0.3, -0.25) is 0 Å². The summed E-state index contributed by atoms with van der Waals surface area (Å²) in [6.45, 7) is 7.11. The highest BCUT2D eigenvalue weighted by Crippen LogP contribution is 2.33. The molecule has 0 N–H and O–H groups in total. The zero-order chi connectivity index (χ0) is 15.7. The van der Waals surface area contributed by atoms with E-state index in [1.807, 2.05) is 32.9 Å². The lowest BCUT2D eigenvalue weighted by molar-refractivity contribution is -0.148. The first kappa shape index (κ1) is 15.1.